The number of rotatable bonds is 7. The van der Waals surface area contributed by atoms with E-state index < -0.39 is 0 Å². The fraction of sp³-hybridized carbons (Fsp3) is 1.00. The van der Waals surface area contributed by atoms with Gasteiger partial charge in [-0.2, -0.15) is 0 Å². The molecule has 0 unspecified atom stereocenters. The van der Waals surface area contributed by atoms with E-state index in [1.165, 1.54) is 71.1 Å². The van der Waals surface area contributed by atoms with Crippen LogP contribution in [0.3, 0.4) is 0 Å². The first-order valence-electron chi connectivity index (χ1n) is 7.35. The Hall–Kier alpha value is -0.0800. The number of hydrogen-bond donors (Lipinski definition) is 1. The lowest BCUT2D eigenvalue weighted by atomic mass is 9.94. The lowest BCUT2D eigenvalue weighted by molar-refractivity contribution is 0.224. The normalized spacial score (nSPS) is 22.9. The molecule has 0 atom stereocenters. The van der Waals surface area contributed by atoms with Gasteiger partial charge in [-0.25, -0.2) is 0 Å². The monoisotopic (exact) mass is 224 g/mol. The third-order valence-electron chi connectivity index (χ3n) is 4.15. The molecule has 1 heterocycles. The molecule has 0 radical (unpaired) electrons. The van der Waals surface area contributed by atoms with Crippen molar-refractivity contribution < 1.29 is 0 Å². The summed E-state index contributed by atoms with van der Waals surface area (Å²) in [5.41, 5.74) is 0. The summed E-state index contributed by atoms with van der Waals surface area (Å²) in [5, 5.41) is 3.46. The molecule has 1 saturated carbocycles. The van der Waals surface area contributed by atoms with Crippen molar-refractivity contribution in [2.45, 2.75) is 57.9 Å². The van der Waals surface area contributed by atoms with E-state index in [1.54, 1.807) is 0 Å². The van der Waals surface area contributed by atoms with Crippen molar-refractivity contribution in [3.05, 3.63) is 0 Å². The molecule has 1 saturated heterocycles. The fourth-order valence-corrected chi connectivity index (χ4v) is 2.80. The van der Waals surface area contributed by atoms with Gasteiger partial charge in [0.2, 0.25) is 0 Å². The van der Waals surface area contributed by atoms with Crippen LogP contribution in [0.5, 0.6) is 0 Å². The van der Waals surface area contributed by atoms with Crippen molar-refractivity contribution in [2.24, 2.45) is 5.92 Å². The average Bonchev–Trinajstić information content (AvgIpc) is 3.15. The van der Waals surface area contributed by atoms with Crippen LogP contribution in [0, 0.1) is 5.92 Å². The number of nitrogens with zero attached hydrogens (tertiary/aromatic N) is 1. The maximum absolute atomic E-state index is 3.46. The van der Waals surface area contributed by atoms with Gasteiger partial charge >= 0.3 is 0 Å². The quantitative estimate of drug-likeness (QED) is 0.715. The Morgan fingerprint density at radius 3 is 2.44 bits per heavy atom. The second-order valence-corrected chi connectivity index (χ2v) is 5.60. The predicted octanol–water partition coefficient (Wildman–Crippen LogP) is 2.64. The summed E-state index contributed by atoms with van der Waals surface area (Å²) in [7, 11) is 0. The molecule has 2 heteroatoms. The van der Waals surface area contributed by atoms with Crippen molar-refractivity contribution in [2.75, 3.05) is 26.2 Å². The molecule has 94 valence electrons. The minimum Gasteiger partial charge on any atom is -0.317 e. The second-order valence-electron chi connectivity index (χ2n) is 5.60. The summed E-state index contributed by atoms with van der Waals surface area (Å²) < 4.78 is 0. The van der Waals surface area contributed by atoms with E-state index >= 15 is 0 Å². The highest BCUT2D eigenvalue weighted by molar-refractivity contribution is 4.85. The van der Waals surface area contributed by atoms with Crippen LogP contribution < -0.4 is 5.32 Å². The molecule has 0 bridgehead atoms. The van der Waals surface area contributed by atoms with Crippen LogP contribution in [0.4, 0.5) is 0 Å². The molecule has 2 nitrogen and oxygen atoms in total. The van der Waals surface area contributed by atoms with Gasteiger partial charge in [0.05, 0.1) is 0 Å². The Balaban J connectivity index is 1.64. The summed E-state index contributed by atoms with van der Waals surface area (Å²) in [6, 6.07) is 0.966. The van der Waals surface area contributed by atoms with Crippen LogP contribution >= 0.6 is 0 Å². The molecule has 16 heavy (non-hydrogen) atoms. The highest BCUT2D eigenvalue weighted by Crippen LogP contribution is 2.28. The summed E-state index contributed by atoms with van der Waals surface area (Å²) in [5.74, 6) is 1.00. The first-order chi connectivity index (χ1) is 7.90. The molecule has 1 N–H and O–H groups in total. The molecule has 2 fully saturated rings. The molecule has 0 amide bonds. The van der Waals surface area contributed by atoms with E-state index in [0.717, 1.165) is 12.0 Å². The molecule has 0 aromatic carbocycles. The summed E-state index contributed by atoms with van der Waals surface area (Å²) in [6.45, 7) is 7.53. The fourth-order valence-electron chi connectivity index (χ4n) is 2.80. The summed E-state index contributed by atoms with van der Waals surface area (Å²) in [4.78, 5) is 2.77. The standard InChI is InChI=1S/C14H28N2/c1-2-3-11-16(14-4-5-14)12-8-13-6-9-15-10-7-13/h13-15H,2-12H2,1H3. The lowest BCUT2D eigenvalue weighted by Crippen LogP contribution is -2.33. The van der Waals surface area contributed by atoms with Gasteiger partial charge in [-0.05, 0) is 70.6 Å². The third kappa shape index (κ3) is 4.06. The van der Waals surface area contributed by atoms with Crippen molar-refractivity contribution in [1.82, 2.24) is 10.2 Å². The molecule has 0 spiro atoms. The maximum atomic E-state index is 3.46. The minimum absolute atomic E-state index is 0.966. The molecule has 2 rings (SSSR count). The van der Waals surface area contributed by atoms with E-state index in [1.807, 2.05) is 0 Å². The van der Waals surface area contributed by atoms with E-state index in [-0.39, 0.29) is 0 Å². The van der Waals surface area contributed by atoms with Gasteiger partial charge in [0.25, 0.3) is 0 Å². The van der Waals surface area contributed by atoms with Crippen molar-refractivity contribution in [3.8, 4) is 0 Å². The number of piperidine rings is 1. The van der Waals surface area contributed by atoms with Gasteiger partial charge in [-0.1, -0.05) is 13.3 Å². The number of hydrogen-bond acceptors (Lipinski definition) is 2. The van der Waals surface area contributed by atoms with Crippen LogP contribution in [0.2, 0.25) is 0 Å². The Morgan fingerprint density at radius 1 is 1.06 bits per heavy atom. The zero-order valence-electron chi connectivity index (χ0n) is 10.9. The van der Waals surface area contributed by atoms with Gasteiger partial charge in [0, 0.05) is 6.04 Å². The van der Waals surface area contributed by atoms with E-state index in [0.29, 0.717) is 0 Å². The van der Waals surface area contributed by atoms with Crippen LogP contribution in [0.25, 0.3) is 0 Å². The van der Waals surface area contributed by atoms with E-state index in [2.05, 4.69) is 17.1 Å². The van der Waals surface area contributed by atoms with Gasteiger partial charge in [0.1, 0.15) is 0 Å². The molecule has 2 aliphatic rings. The Kier molecular flexibility index (Phi) is 5.11. The lowest BCUT2D eigenvalue weighted by Gasteiger charge is -2.27. The van der Waals surface area contributed by atoms with E-state index in [4.69, 9.17) is 0 Å². The average molecular weight is 224 g/mol. The molecule has 1 aliphatic heterocycles. The zero-order valence-corrected chi connectivity index (χ0v) is 10.9. The highest BCUT2D eigenvalue weighted by Gasteiger charge is 2.28. The van der Waals surface area contributed by atoms with Crippen molar-refractivity contribution in [3.63, 3.8) is 0 Å². The molecule has 0 aromatic heterocycles. The Bertz CT molecular complexity index is 183. The SMILES string of the molecule is CCCCN(CCC1CCNCC1)C1CC1. The second kappa shape index (κ2) is 6.61. The van der Waals surface area contributed by atoms with Crippen LogP contribution in [-0.4, -0.2) is 37.1 Å². The summed E-state index contributed by atoms with van der Waals surface area (Å²) >= 11 is 0. The number of unbranched alkanes of at least 4 members (excludes halogenated alkanes) is 1. The Morgan fingerprint density at radius 2 is 1.81 bits per heavy atom. The summed E-state index contributed by atoms with van der Waals surface area (Å²) in [6.07, 6.45) is 9.94. The Labute approximate surface area is 101 Å². The van der Waals surface area contributed by atoms with Gasteiger partial charge in [0.15, 0.2) is 0 Å². The van der Waals surface area contributed by atoms with Crippen LogP contribution in [0.15, 0.2) is 0 Å². The van der Waals surface area contributed by atoms with Crippen molar-refractivity contribution in [1.29, 1.82) is 0 Å². The largest absolute Gasteiger partial charge is 0.317 e. The first kappa shape index (κ1) is 12.4. The van der Waals surface area contributed by atoms with Crippen LogP contribution in [-0.2, 0) is 0 Å². The van der Waals surface area contributed by atoms with Gasteiger partial charge < -0.3 is 10.2 Å². The van der Waals surface area contributed by atoms with Gasteiger partial charge in [-0.3, -0.25) is 0 Å². The molecule has 0 aromatic rings. The molecular weight excluding hydrogens is 196 g/mol. The van der Waals surface area contributed by atoms with Crippen molar-refractivity contribution >= 4 is 0 Å². The van der Waals surface area contributed by atoms with Gasteiger partial charge in [-0.15, -0.1) is 0 Å². The number of nitrogens with one attached hydrogen (secondary N) is 1. The third-order valence-corrected chi connectivity index (χ3v) is 4.15. The van der Waals surface area contributed by atoms with Crippen LogP contribution in [0.1, 0.15) is 51.9 Å². The highest BCUT2D eigenvalue weighted by atomic mass is 15.2. The predicted molar refractivity (Wildman–Crippen MR) is 69.7 cm³/mol. The molecule has 1 aliphatic carbocycles. The first-order valence-corrected chi connectivity index (χ1v) is 7.35. The maximum Gasteiger partial charge on any atom is 0.00964 e. The topological polar surface area (TPSA) is 15.3 Å². The van der Waals surface area contributed by atoms with E-state index in [9.17, 15) is 0 Å². The molecular formula is C14H28N2. The zero-order chi connectivity index (χ0) is 11.2. The minimum atomic E-state index is 0.966. The smallest absolute Gasteiger partial charge is 0.00964 e.